The van der Waals surface area contributed by atoms with E-state index in [0.29, 0.717) is 0 Å². The molecule has 0 radical (unpaired) electrons. The number of piperidine rings is 1. The number of halogens is 1. The van der Waals surface area contributed by atoms with E-state index in [-0.39, 0.29) is 40.8 Å². The minimum absolute atomic E-state index is 0. The zero-order valence-electron chi connectivity index (χ0n) is 12.8. The van der Waals surface area contributed by atoms with Gasteiger partial charge in [-0.25, -0.2) is 13.1 Å². The molecule has 2 rings (SSSR count). The fraction of sp³-hybridized carbons (Fsp3) is 0.538. The SMILES string of the molecule is COc1cc(S(=O)(=O)NC2CCCNC2C)ccc1[N+](=O)[O-].Cl. The first-order chi connectivity index (χ1) is 10.3. The van der Waals surface area contributed by atoms with Crippen LogP contribution in [-0.2, 0) is 10.0 Å². The Morgan fingerprint density at radius 1 is 1.43 bits per heavy atom. The molecule has 2 unspecified atom stereocenters. The Morgan fingerprint density at radius 2 is 2.13 bits per heavy atom. The number of sulfonamides is 1. The van der Waals surface area contributed by atoms with Crippen LogP contribution in [0.4, 0.5) is 5.69 Å². The second-order valence-corrected chi connectivity index (χ2v) is 6.92. The quantitative estimate of drug-likeness (QED) is 0.603. The van der Waals surface area contributed by atoms with E-state index >= 15 is 0 Å². The molecule has 2 atom stereocenters. The molecule has 130 valence electrons. The van der Waals surface area contributed by atoms with Crippen molar-refractivity contribution in [2.24, 2.45) is 0 Å². The van der Waals surface area contributed by atoms with Crippen molar-refractivity contribution in [1.29, 1.82) is 0 Å². The summed E-state index contributed by atoms with van der Waals surface area (Å²) in [5, 5.41) is 14.1. The van der Waals surface area contributed by atoms with Gasteiger partial charge >= 0.3 is 5.69 Å². The van der Waals surface area contributed by atoms with Crippen LogP contribution in [0.2, 0.25) is 0 Å². The Kier molecular flexibility index (Phi) is 6.75. The third-order valence-electron chi connectivity index (χ3n) is 3.73. The first kappa shape index (κ1) is 19.6. The molecule has 0 bridgehead atoms. The van der Waals surface area contributed by atoms with Crippen molar-refractivity contribution in [3.05, 3.63) is 28.3 Å². The van der Waals surface area contributed by atoms with E-state index in [2.05, 4.69) is 10.0 Å². The molecule has 1 aromatic carbocycles. The van der Waals surface area contributed by atoms with Gasteiger partial charge in [0.15, 0.2) is 5.75 Å². The van der Waals surface area contributed by atoms with E-state index in [1.807, 2.05) is 6.92 Å². The van der Waals surface area contributed by atoms with E-state index in [0.717, 1.165) is 25.5 Å². The molecule has 23 heavy (non-hydrogen) atoms. The van der Waals surface area contributed by atoms with Gasteiger partial charge in [0.2, 0.25) is 10.0 Å². The predicted octanol–water partition coefficient (Wildman–Crippen LogP) is 1.44. The summed E-state index contributed by atoms with van der Waals surface area (Å²) < 4.78 is 32.4. The molecule has 1 fully saturated rings. The Labute approximate surface area is 141 Å². The maximum atomic E-state index is 12.4. The second kappa shape index (κ2) is 7.91. The summed E-state index contributed by atoms with van der Waals surface area (Å²) in [5.74, 6) is -0.0808. The smallest absolute Gasteiger partial charge is 0.310 e. The maximum absolute atomic E-state index is 12.4. The molecule has 1 aromatic rings. The lowest BCUT2D eigenvalue weighted by atomic mass is 10.0. The lowest BCUT2D eigenvalue weighted by molar-refractivity contribution is -0.385. The minimum Gasteiger partial charge on any atom is -0.490 e. The summed E-state index contributed by atoms with van der Waals surface area (Å²) in [5.41, 5.74) is -0.269. The molecule has 0 spiro atoms. The summed E-state index contributed by atoms with van der Waals surface area (Å²) in [6, 6.07) is 3.34. The molecule has 0 saturated carbocycles. The van der Waals surface area contributed by atoms with Crippen LogP contribution in [-0.4, -0.2) is 39.1 Å². The summed E-state index contributed by atoms with van der Waals surface area (Å²) >= 11 is 0. The molecular formula is C13H20ClN3O5S. The van der Waals surface area contributed by atoms with Gasteiger partial charge in [-0.1, -0.05) is 0 Å². The van der Waals surface area contributed by atoms with Crippen LogP contribution >= 0.6 is 12.4 Å². The molecule has 0 aromatic heterocycles. The summed E-state index contributed by atoms with van der Waals surface area (Å²) in [7, 11) is -2.50. The predicted molar refractivity (Wildman–Crippen MR) is 87.7 cm³/mol. The van der Waals surface area contributed by atoms with Gasteiger partial charge in [-0.15, -0.1) is 12.4 Å². The van der Waals surface area contributed by atoms with Gasteiger partial charge in [-0.2, -0.15) is 0 Å². The van der Waals surface area contributed by atoms with Crippen molar-refractivity contribution < 1.29 is 18.1 Å². The number of methoxy groups -OCH3 is 1. The second-order valence-electron chi connectivity index (χ2n) is 5.20. The largest absolute Gasteiger partial charge is 0.490 e. The first-order valence-corrected chi connectivity index (χ1v) is 8.41. The van der Waals surface area contributed by atoms with E-state index in [1.165, 1.54) is 19.2 Å². The number of hydrogen-bond acceptors (Lipinski definition) is 6. The normalized spacial score (nSPS) is 21.3. The maximum Gasteiger partial charge on any atom is 0.310 e. The third-order valence-corrected chi connectivity index (χ3v) is 5.21. The van der Waals surface area contributed by atoms with Gasteiger partial charge in [0, 0.05) is 24.2 Å². The van der Waals surface area contributed by atoms with Crippen molar-refractivity contribution in [2.45, 2.75) is 36.7 Å². The number of nitrogens with one attached hydrogen (secondary N) is 2. The van der Waals surface area contributed by atoms with Crippen LogP contribution in [0, 0.1) is 10.1 Å². The highest BCUT2D eigenvalue weighted by Crippen LogP contribution is 2.29. The van der Waals surface area contributed by atoms with Gasteiger partial charge in [0.05, 0.1) is 16.9 Å². The van der Waals surface area contributed by atoms with E-state index in [1.54, 1.807) is 0 Å². The third kappa shape index (κ3) is 4.54. The highest BCUT2D eigenvalue weighted by molar-refractivity contribution is 7.89. The van der Waals surface area contributed by atoms with Crippen LogP contribution < -0.4 is 14.8 Å². The number of hydrogen-bond donors (Lipinski definition) is 2. The average Bonchev–Trinajstić information content (AvgIpc) is 2.48. The van der Waals surface area contributed by atoms with Crippen LogP contribution in [0.1, 0.15) is 19.8 Å². The Bertz CT molecular complexity index is 668. The van der Waals surface area contributed by atoms with Crippen molar-refractivity contribution in [3.8, 4) is 5.75 Å². The number of benzene rings is 1. The van der Waals surface area contributed by atoms with Gasteiger partial charge in [-0.05, 0) is 32.4 Å². The summed E-state index contributed by atoms with van der Waals surface area (Å²) in [6.45, 7) is 2.79. The zero-order chi connectivity index (χ0) is 16.3. The molecule has 0 aliphatic carbocycles. The Morgan fingerprint density at radius 3 is 2.70 bits per heavy atom. The molecule has 2 N–H and O–H groups in total. The lowest BCUT2D eigenvalue weighted by Crippen LogP contribution is -2.51. The summed E-state index contributed by atoms with van der Waals surface area (Å²) in [4.78, 5) is 10.2. The highest BCUT2D eigenvalue weighted by Gasteiger charge is 2.28. The Balaban J connectivity index is 0.00000264. The lowest BCUT2D eigenvalue weighted by Gasteiger charge is -2.30. The topological polar surface area (TPSA) is 111 Å². The van der Waals surface area contributed by atoms with Crippen molar-refractivity contribution in [1.82, 2.24) is 10.0 Å². The number of nitrogens with zero attached hydrogens (tertiary/aromatic N) is 1. The van der Waals surface area contributed by atoms with Crippen LogP contribution in [0.15, 0.2) is 23.1 Å². The van der Waals surface area contributed by atoms with Crippen LogP contribution in [0.3, 0.4) is 0 Å². The fourth-order valence-electron chi connectivity index (χ4n) is 2.45. The average molecular weight is 366 g/mol. The molecule has 8 nitrogen and oxygen atoms in total. The standard InChI is InChI=1S/C13H19N3O5S.ClH/c1-9-11(4-3-7-14-9)15-22(19,20)10-5-6-12(16(17)18)13(8-10)21-2;/h5-6,8-9,11,14-15H,3-4,7H2,1-2H3;1H. The van der Waals surface area contributed by atoms with E-state index in [4.69, 9.17) is 4.74 Å². The van der Waals surface area contributed by atoms with E-state index < -0.39 is 14.9 Å². The molecular weight excluding hydrogens is 346 g/mol. The van der Waals surface area contributed by atoms with Gasteiger partial charge < -0.3 is 10.1 Å². The fourth-order valence-corrected chi connectivity index (χ4v) is 3.81. The van der Waals surface area contributed by atoms with Crippen molar-refractivity contribution >= 4 is 28.1 Å². The zero-order valence-corrected chi connectivity index (χ0v) is 14.4. The number of nitro benzene ring substituents is 1. The van der Waals surface area contributed by atoms with E-state index in [9.17, 15) is 18.5 Å². The number of nitro groups is 1. The number of ether oxygens (including phenoxy) is 1. The van der Waals surface area contributed by atoms with Gasteiger partial charge in [-0.3, -0.25) is 10.1 Å². The van der Waals surface area contributed by atoms with Crippen LogP contribution in [0.5, 0.6) is 5.75 Å². The number of rotatable bonds is 5. The monoisotopic (exact) mass is 365 g/mol. The molecule has 1 saturated heterocycles. The van der Waals surface area contributed by atoms with Gasteiger partial charge in [0.1, 0.15) is 0 Å². The van der Waals surface area contributed by atoms with Crippen molar-refractivity contribution in [2.75, 3.05) is 13.7 Å². The molecule has 10 heteroatoms. The van der Waals surface area contributed by atoms with Crippen LogP contribution in [0.25, 0.3) is 0 Å². The highest BCUT2D eigenvalue weighted by atomic mass is 35.5. The molecule has 1 aliphatic rings. The summed E-state index contributed by atoms with van der Waals surface area (Å²) in [6.07, 6.45) is 1.64. The van der Waals surface area contributed by atoms with Crippen molar-refractivity contribution in [3.63, 3.8) is 0 Å². The molecule has 1 heterocycles. The Hall–Kier alpha value is -1.42. The molecule has 0 amide bonds. The first-order valence-electron chi connectivity index (χ1n) is 6.93. The molecule has 1 aliphatic heterocycles. The minimum atomic E-state index is -3.76. The van der Waals surface area contributed by atoms with Gasteiger partial charge in [0.25, 0.3) is 0 Å².